The van der Waals surface area contributed by atoms with E-state index in [4.69, 9.17) is 25.2 Å². The van der Waals surface area contributed by atoms with Gasteiger partial charge in [0.15, 0.2) is 0 Å². The van der Waals surface area contributed by atoms with Gasteiger partial charge in [0, 0.05) is 25.7 Å². The molecule has 0 saturated carbocycles. The van der Waals surface area contributed by atoms with Gasteiger partial charge >= 0.3 is 23.9 Å². The van der Waals surface area contributed by atoms with E-state index in [2.05, 4.69) is 64.2 Å². The molecule has 0 saturated heterocycles. The Kier molecular flexibility index (Phi) is 65.5. The number of aliphatic carboxylic acids is 4. The van der Waals surface area contributed by atoms with Crippen LogP contribution in [-0.4, -0.2) is 56.5 Å². The SMILES string of the molecule is CCCCC/C=C/CC(CCCCCCCCC(=O)O)OC(CCCCCCCC)CCCCCCCCC(=O)O.CCCCC/C=C/CCC(CCCCCCCC(=O)O)C(CC/C=C/CCCCC)CCCCCCCC(=O)O. The largest absolute Gasteiger partial charge is 0.481 e. The van der Waals surface area contributed by atoms with Gasteiger partial charge in [0.05, 0.1) is 12.2 Å². The van der Waals surface area contributed by atoms with Crippen LogP contribution >= 0.6 is 0 Å². The molecule has 0 bridgehead atoms. The monoisotopic (exact) mass is 1140 g/mol. The number of carbonyl (C=O) groups is 4. The van der Waals surface area contributed by atoms with Crippen LogP contribution < -0.4 is 0 Å². The van der Waals surface area contributed by atoms with Crippen LogP contribution in [-0.2, 0) is 23.9 Å². The maximum Gasteiger partial charge on any atom is 0.303 e. The average molecular weight is 1140 g/mol. The van der Waals surface area contributed by atoms with Gasteiger partial charge in [-0.3, -0.25) is 19.2 Å². The molecule has 0 aromatic heterocycles. The van der Waals surface area contributed by atoms with Crippen molar-refractivity contribution >= 4 is 23.9 Å². The predicted molar refractivity (Wildman–Crippen MR) is 346 cm³/mol. The van der Waals surface area contributed by atoms with Gasteiger partial charge in [0.1, 0.15) is 0 Å². The summed E-state index contributed by atoms with van der Waals surface area (Å²) in [6, 6.07) is 0. The minimum Gasteiger partial charge on any atom is -0.481 e. The van der Waals surface area contributed by atoms with E-state index in [1.807, 2.05) is 0 Å². The Hall–Kier alpha value is -2.94. The summed E-state index contributed by atoms with van der Waals surface area (Å²) >= 11 is 0. The summed E-state index contributed by atoms with van der Waals surface area (Å²) in [5, 5.41) is 35.4. The zero-order valence-corrected chi connectivity index (χ0v) is 53.8. The van der Waals surface area contributed by atoms with Gasteiger partial charge in [-0.15, -0.1) is 0 Å². The molecule has 0 heterocycles. The Balaban J connectivity index is 0. The van der Waals surface area contributed by atoms with E-state index < -0.39 is 23.9 Å². The maximum absolute atomic E-state index is 10.8. The number of carboxylic acid groups (broad SMARTS) is 4. The second-order valence-electron chi connectivity index (χ2n) is 24.3. The topological polar surface area (TPSA) is 158 Å². The van der Waals surface area contributed by atoms with Gasteiger partial charge < -0.3 is 25.2 Å². The molecule has 0 aromatic carbocycles. The summed E-state index contributed by atoms with van der Waals surface area (Å²) in [7, 11) is 0. The summed E-state index contributed by atoms with van der Waals surface area (Å²) in [5.41, 5.74) is 0. The van der Waals surface area contributed by atoms with Gasteiger partial charge in [-0.2, -0.15) is 0 Å². The lowest BCUT2D eigenvalue weighted by molar-refractivity contribution is -0.138. The van der Waals surface area contributed by atoms with Crippen LogP contribution in [0.3, 0.4) is 0 Å². The molecule has 0 aliphatic rings. The third-order valence-corrected chi connectivity index (χ3v) is 16.4. The first-order chi connectivity index (χ1) is 39.5. The number of allylic oxidation sites excluding steroid dienone is 5. The van der Waals surface area contributed by atoms with E-state index >= 15 is 0 Å². The van der Waals surface area contributed by atoms with Crippen molar-refractivity contribution in [1.29, 1.82) is 0 Å². The van der Waals surface area contributed by atoms with Crippen LogP contribution in [0.15, 0.2) is 36.5 Å². The van der Waals surface area contributed by atoms with Crippen molar-refractivity contribution in [2.45, 2.75) is 387 Å². The Morgan fingerprint density at radius 2 is 0.519 bits per heavy atom. The molecule has 476 valence electrons. The van der Waals surface area contributed by atoms with E-state index in [-0.39, 0.29) is 0 Å². The fraction of sp³-hybridized carbons (Fsp3) is 0.861. The van der Waals surface area contributed by atoms with Crippen LogP contribution in [0.2, 0.25) is 0 Å². The highest BCUT2D eigenvalue weighted by molar-refractivity contribution is 5.67. The maximum atomic E-state index is 10.8. The number of carboxylic acids is 4. The van der Waals surface area contributed by atoms with Gasteiger partial charge in [-0.05, 0) is 127 Å². The second kappa shape index (κ2) is 66.2. The Bertz CT molecular complexity index is 1390. The molecule has 4 unspecified atom stereocenters. The van der Waals surface area contributed by atoms with E-state index in [1.54, 1.807) is 0 Å². The average Bonchev–Trinajstić information content (AvgIpc) is 3.44. The Morgan fingerprint density at radius 1 is 0.272 bits per heavy atom. The van der Waals surface area contributed by atoms with Crippen molar-refractivity contribution in [3.63, 3.8) is 0 Å². The molecule has 0 fully saturated rings. The van der Waals surface area contributed by atoms with Crippen LogP contribution in [0.1, 0.15) is 374 Å². The smallest absolute Gasteiger partial charge is 0.303 e. The van der Waals surface area contributed by atoms with E-state index in [1.165, 1.54) is 225 Å². The lowest BCUT2D eigenvalue weighted by atomic mass is 9.78. The number of unbranched alkanes of at least 4 members (excludes halogenated alkanes) is 32. The van der Waals surface area contributed by atoms with E-state index in [0.29, 0.717) is 37.9 Å². The molecule has 9 heteroatoms. The fourth-order valence-electron chi connectivity index (χ4n) is 11.3. The zero-order valence-electron chi connectivity index (χ0n) is 53.8. The van der Waals surface area contributed by atoms with Crippen molar-refractivity contribution in [3.05, 3.63) is 36.5 Å². The van der Waals surface area contributed by atoms with Crippen molar-refractivity contribution in [2.24, 2.45) is 11.8 Å². The highest BCUT2D eigenvalue weighted by Gasteiger charge is 2.21. The minimum atomic E-state index is -0.681. The molecule has 9 nitrogen and oxygen atoms in total. The molecule has 0 aromatic rings. The number of rotatable bonds is 64. The van der Waals surface area contributed by atoms with Crippen molar-refractivity contribution in [3.8, 4) is 0 Å². The van der Waals surface area contributed by atoms with Crippen LogP contribution in [0.5, 0.6) is 0 Å². The normalized spacial score (nSPS) is 13.2. The van der Waals surface area contributed by atoms with Crippen LogP contribution in [0.4, 0.5) is 0 Å². The summed E-state index contributed by atoms with van der Waals surface area (Å²) in [4.78, 5) is 43.0. The first-order valence-corrected chi connectivity index (χ1v) is 35.0. The van der Waals surface area contributed by atoms with Crippen molar-refractivity contribution in [1.82, 2.24) is 0 Å². The molecule has 4 atom stereocenters. The summed E-state index contributed by atoms with van der Waals surface area (Å²) in [5.74, 6) is -1.18. The molecular formula is C72H134O9. The van der Waals surface area contributed by atoms with Crippen LogP contribution in [0.25, 0.3) is 0 Å². The lowest BCUT2D eigenvalue weighted by Crippen LogP contribution is -2.22. The van der Waals surface area contributed by atoms with Gasteiger partial charge in [-0.25, -0.2) is 0 Å². The molecule has 81 heavy (non-hydrogen) atoms. The van der Waals surface area contributed by atoms with Crippen molar-refractivity contribution in [2.75, 3.05) is 0 Å². The molecular weight excluding hydrogens is 1010 g/mol. The molecule has 0 aliphatic carbocycles. The molecule has 0 amide bonds. The first-order valence-electron chi connectivity index (χ1n) is 35.0. The molecule has 0 aliphatic heterocycles. The molecule has 0 spiro atoms. The number of hydrogen-bond acceptors (Lipinski definition) is 5. The zero-order chi connectivity index (χ0) is 59.8. The highest BCUT2D eigenvalue weighted by Crippen LogP contribution is 2.33. The molecule has 0 radical (unpaired) electrons. The quantitative estimate of drug-likeness (QED) is 0.0344. The fourth-order valence-corrected chi connectivity index (χ4v) is 11.3. The second-order valence-corrected chi connectivity index (χ2v) is 24.3. The van der Waals surface area contributed by atoms with E-state index in [0.717, 1.165) is 108 Å². The summed E-state index contributed by atoms with van der Waals surface area (Å²) in [6.07, 6.45) is 75.4. The van der Waals surface area contributed by atoms with Gasteiger partial charge in [-0.1, -0.05) is 270 Å². The number of ether oxygens (including phenoxy) is 1. The van der Waals surface area contributed by atoms with Gasteiger partial charge in [0.2, 0.25) is 0 Å². The molecule has 4 N–H and O–H groups in total. The Labute approximate surface area is 501 Å². The van der Waals surface area contributed by atoms with Crippen molar-refractivity contribution < 1.29 is 44.3 Å². The standard InChI is InChI=1S/C36H68O5.C36H66O4/c1-3-5-7-9-15-21-27-33(29-23-17-11-13-19-25-31-35(37)38)41-34(28-22-16-10-8-6-4-2)30-24-18-12-14-20-26-32-36(39)40;1-3-5-7-9-11-15-21-27-33(29-23-17-13-19-25-31-35(37)38)34(28-22-16-12-10-8-6-4-2)30-24-18-14-20-26-32-36(39)40/h15,21,33-34H,3-14,16-20,22-32H2,1-2H3,(H,37,38)(H,39,40);11-12,15-16,33-34H,3-10,13-14,17-32H2,1-2H3,(H,37,38)(H,39,40)/b21-15+;15-11+,16-12+. The summed E-state index contributed by atoms with van der Waals surface area (Å²) in [6.45, 7) is 9.05. The summed E-state index contributed by atoms with van der Waals surface area (Å²) < 4.78 is 6.87. The lowest BCUT2D eigenvalue weighted by Gasteiger charge is -2.27. The minimum absolute atomic E-state index is 0.297. The van der Waals surface area contributed by atoms with Crippen LogP contribution in [0, 0.1) is 11.8 Å². The number of hydrogen-bond donors (Lipinski definition) is 4. The third-order valence-electron chi connectivity index (χ3n) is 16.4. The van der Waals surface area contributed by atoms with Gasteiger partial charge in [0.25, 0.3) is 0 Å². The molecule has 0 rings (SSSR count). The predicted octanol–water partition coefficient (Wildman–Crippen LogP) is 23.1. The third kappa shape index (κ3) is 66.1. The highest BCUT2D eigenvalue weighted by atomic mass is 16.5. The van der Waals surface area contributed by atoms with E-state index in [9.17, 15) is 19.2 Å². The Morgan fingerprint density at radius 3 is 0.840 bits per heavy atom. The first kappa shape index (κ1) is 80.1.